The third kappa shape index (κ3) is 3.36. The quantitative estimate of drug-likeness (QED) is 0.681. The normalized spacial score (nSPS) is 11.1. The van der Waals surface area contributed by atoms with Crippen molar-refractivity contribution in [3.05, 3.63) is 52.3 Å². The zero-order valence-electron chi connectivity index (χ0n) is 13.4. The molecule has 1 amide bonds. The van der Waals surface area contributed by atoms with Gasteiger partial charge in [0.25, 0.3) is 5.91 Å². The number of aryl methyl sites for hydroxylation is 3. The predicted molar refractivity (Wildman–Crippen MR) is 87.5 cm³/mol. The molecule has 0 saturated carbocycles. The second kappa shape index (κ2) is 6.47. The molecule has 2 aromatic rings. The SMILES string of the molecule is Cc1ccc(-n2c(C)cc(/C=N/OCC(N)=O)c2C)c(C)c1. The van der Waals surface area contributed by atoms with Gasteiger partial charge in [0.15, 0.2) is 6.61 Å². The van der Waals surface area contributed by atoms with Crippen LogP contribution in [0.3, 0.4) is 0 Å². The van der Waals surface area contributed by atoms with Gasteiger partial charge in [0.05, 0.1) is 6.21 Å². The fraction of sp³-hybridized carbons (Fsp3) is 0.294. The highest BCUT2D eigenvalue weighted by Crippen LogP contribution is 2.23. The smallest absolute Gasteiger partial charge is 0.258 e. The Morgan fingerprint density at radius 3 is 2.64 bits per heavy atom. The van der Waals surface area contributed by atoms with Crippen molar-refractivity contribution in [3.63, 3.8) is 0 Å². The van der Waals surface area contributed by atoms with E-state index in [1.807, 2.05) is 19.9 Å². The highest BCUT2D eigenvalue weighted by atomic mass is 16.6. The van der Waals surface area contributed by atoms with E-state index in [9.17, 15) is 4.79 Å². The second-order valence-corrected chi connectivity index (χ2v) is 5.43. The van der Waals surface area contributed by atoms with Gasteiger partial charge in [-0.05, 0) is 45.4 Å². The molecule has 0 saturated heterocycles. The number of carbonyl (C=O) groups is 1. The summed E-state index contributed by atoms with van der Waals surface area (Å²) in [6.07, 6.45) is 1.60. The summed E-state index contributed by atoms with van der Waals surface area (Å²) in [7, 11) is 0. The van der Waals surface area contributed by atoms with Crippen molar-refractivity contribution < 1.29 is 9.63 Å². The third-order valence-corrected chi connectivity index (χ3v) is 3.54. The molecule has 0 atom stereocenters. The number of oxime groups is 1. The Morgan fingerprint density at radius 1 is 1.27 bits per heavy atom. The van der Waals surface area contributed by atoms with Crippen molar-refractivity contribution in [2.45, 2.75) is 27.7 Å². The molecule has 5 nitrogen and oxygen atoms in total. The van der Waals surface area contributed by atoms with Gasteiger partial charge in [-0.2, -0.15) is 0 Å². The first-order chi connectivity index (χ1) is 10.4. The average Bonchev–Trinajstić information content (AvgIpc) is 2.70. The molecule has 0 aliphatic carbocycles. The number of aromatic nitrogens is 1. The molecule has 0 aliphatic heterocycles. The first-order valence-corrected chi connectivity index (χ1v) is 7.10. The van der Waals surface area contributed by atoms with Crippen LogP contribution in [0.4, 0.5) is 0 Å². The maximum absolute atomic E-state index is 10.6. The topological polar surface area (TPSA) is 69.6 Å². The summed E-state index contributed by atoms with van der Waals surface area (Å²) in [6.45, 7) is 8.05. The lowest BCUT2D eigenvalue weighted by Gasteiger charge is -2.13. The first-order valence-electron chi connectivity index (χ1n) is 7.10. The second-order valence-electron chi connectivity index (χ2n) is 5.43. The van der Waals surface area contributed by atoms with Gasteiger partial charge < -0.3 is 15.1 Å². The molecule has 5 heteroatoms. The van der Waals surface area contributed by atoms with Crippen LogP contribution in [0.1, 0.15) is 28.1 Å². The number of carbonyl (C=O) groups excluding carboxylic acids is 1. The molecule has 0 fully saturated rings. The van der Waals surface area contributed by atoms with Crippen LogP contribution in [0.2, 0.25) is 0 Å². The van der Waals surface area contributed by atoms with E-state index >= 15 is 0 Å². The molecular weight excluding hydrogens is 278 g/mol. The zero-order chi connectivity index (χ0) is 16.3. The number of hydrogen-bond donors (Lipinski definition) is 1. The minimum atomic E-state index is -0.544. The maximum Gasteiger partial charge on any atom is 0.258 e. The van der Waals surface area contributed by atoms with Gasteiger partial charge in [-0.15, -0.1) is 0 Å². The lowest BCUT2D eigenvalue weighted by atomic mass is 10.1. The number of rotatable bonds is 5. The van der Waals surface area contributed by atoms with Gasteiger partial charge in [-0.1, -0.05) is 22.9 Å². The standard InChI is InChI=1S/C17H21N3O2/c1-11-5-6-16(12(2)7-11)20-13(3)8-15(14(20)4)9-19-22-10-17(18)21/h5-9H,10H2,1-4H3,(H2,18,21)/b19-9+. The van der Waals surface area contributed by atoms with Gasteiger partial charge in [0.1, 0.15) is 0 Å². The van der Waals surface area contributed by atoms with E-state index in [-0.39, 0.29) is 6.61 Å². The number of hydrogen-bond acceptors (Lipinski definition) is 3. The minimum Gasteiger partial charge on any atom is -0.386 e. The Bertz CT molecular complexity index is 730. The fourth-order valence-electron chi connectivity index (χ4n) is 2.54. The molecular formula is C17H21N3O2. The summed E-state index contributed by atoms with van der Waals surface area (Å²) in [4.78, 5) is 15.4. The monoisotopic (exact) mass is 299 g/mol. The Balaban J connectivity index is 2.33. The van der Waals surface area contributed by atoms with Gasteiger partial charge >= 0.3 is 0 Å². The number of nitrogens with zero attached hydrogens (tertiary/aromatic N) is 2. The number of primary amides is 1. The molecule has 116 valence electrons. The lowest BCUT2D eigenvalue weighted by molar-refractivity contribution is -0.122. The van der Waals surface area contributed by atoms with Gasteiger partial charge in [-0.3, -0.25) is 4.79 Å². The molecule has 1 aromatic heterocycles. The van der Waals surface area contributed by atoms with E-state index in [4.69, 9.17) is 10.6 Å². The summed E-state index contributed by atoms with van der Waals surface area (Å²) in [5.41, 5.74) is 11.7. The van der Waals surface area contributed by atoms with Crippen LogP contribution in [0.5, 0.6) is 0 Å². The van der Waals surface area contributed by atoms with Crippen molar-refractivity contribution in [3.8, 4) is 5.69 Å². The first kappa shape index (κ1) is 15.8. The maximum atomic E-state index is 10.6. The molecule has 2 rings (SSSR count). The Morgan fingerprint density at radius 2 is 2.00 bits per heavy atom. The van der Waals surface area contributed by atoms with Gasteiger partial charge in [0, 0.05) is 22.6 Å². The van der Waals surface area contributed by atoms with Crippen LogP contribution in [0, 0.1) is 27.7 Å². The highest BCUT2D eigenvalue weighted by molar-refractivity contribution is 5.82. The summed E-state index contributed by atoms with van der Waals surface area (Å²) in [6, 6.07) is 8.42. The van der Waals surface area contributed by atoms with E-state index in [0.717, 1.165) is 22.6 Å². The van der Waals surface area contributed by atoms with Crippen LogP contribution in [-0.2, 0) is 9.63 Å². The molecule has 0 spiro atoms. The molecule has 0 unspecified atom stereocenters. The van der Waals surface area contributed by atoms with Gasteiger partial charge in [0.2, 0.25) is 0 Å². The third-order valence-electron chi connectivity index (χ3n) is 3.54. The average molecular weight is 299 g/mol. The molecule has 0 aliphatic rings. The Hall–Kier alpha value is -2.56. The summed E-state index contributed by atoms with van der Waals surface area (Å²) in [5.74, 6) is -0.544. The molecule has 1 heterocycles. The van der Waals surface area contributed by atoms with Crippen LogP contribution >= 0.6 is 0 Å². The van der Waals surface area contributed by atoms with Crippen molar-refractivity contribution >= 4 is 12.1 Å². The van der Waals surface area contributed by atoms with Crippen molar-refractivity contribution in [2.24, 2.45) is 10.9 Å². The summed E-state index contributed by atoms with van der Waals surface area (Å²) in [5, 5.41) is 3.79. The number of nitrogens with two attached hydrogens (primary N) is 1. The minimum absolute atomic E-state index is 0.216. The summed E-state index contributed by atoms with van der Waals surface area (Å²) < 4.78 is 2.18. The fourth-order valence-corrected chi connectivity index (χ4v) is 2.54. The lowest BCUT2D eigenvalue weighted by Crippen LogP contribution is -2.16. The van der Waals surface area contributed by atoms with E-state index < -0.39 is 5.91 Å². The Labute approximate surface area is 130 Å². The molecule has 0 bridgehead atoms. The van der Waals surface area contributed by atoms with Crippen LogP contribution in [-0.4, -0.2) is 23.3 Å². The van der Waals surface area contributed by atoms with Crippen molar-refractivity contribution in [1.82, 2.24) is 4.57 Å². The van der Waals surface area contributed by atoms with Crippen molar-refractivity contribution in [2.75, 3.05) is 6.61 Å². The Kier molecular flexibility index (Phi) is 4.65. The predicted octanol–water partition coefficient (Wildman–Crippen LogP) is 2.55. The van der Waals surface area contributed by atoms with E-state index in [0.29, 0.717) is 0 Å². The van der Waals surface area contributed by atoms with Crippen molar-refractivity contribution in [1.29, 1.82) is 0 Å². The number of benzene rings is 1. The van der Waals surface area contributed by atoms with E-state index in [2.05, 4.69) is 41.8 Å². The van der Waals surface area contributed by atoms with Crippen LogP contribution in [0.25, 0.3) is 5.69 Å². The highest BCUT2D eigenvalue weighted by Gasteiger charge is 2.11. The van der Waals surface area contributed by atoms with Crippen LogP contribution in [0.15, 0.2) is 29.4 Å². The van der Waals surface area contributed by atoms with Gasteiger partial charge in [-0.25, -0.2) is 0 Å². The largest absolute Gasteiger partial charge is 0.386 e. The molecule has 2 N–H and O–H groups in total. The van der Waals surface area contributed by atoms with E-state index in [1.165, 1.54) is 11.1 Å². The number of amides is 1. The van der Waals surface area contributed by atoms with Crippen LogP contribution < -0.4 is 5.73 Å². The summed E-state index contributed by atoms with van der Waals surface area (Å²) >= 11 is 0. The molecule has 1 aromatic carbocycles. The molecule has 0 radical (unpaired) electrons. The molecule has 22 heavy (non-hydrogen) atoms. The zero-order valence-corrected chi connectivity index (χ0v) is 13.4. The van der Waals surface area contributed by atoms with E-state index in [1.54, 1.807) is 6.21 Å².